The highest BCUT2D eigenvalue weighted by Crippen LogP contribution is 2.00. The fourth-order valence-corrected chi connectivity index (χ4v) is 1.58. The zero-order valence-electron chi connectivity index (χ0n) is 7.77. The van der Waals surface area contributed by atoms with Crippen LogP contribution >= 0.6 is 0 Å². The quantitative estimate of drug-likeness (QED) is 0.533. The van der Waals surface area contributed by atoms with Crippen molar-refractivity contribution in [1.82, 2.24) is 0 Å². The first-order valence-electron chi connectivity index (χ1n) is 4.18. The summed E-state index contributed by atoms with van der Waals surface area (Å²) in [5.74, 6) is -0.0464. The summed E-state index contributed by atoms with van der Waals surface area (Å²) in [6, 6.07) is 0. The van der Waals surface area contributed by atoms with Gasteiger partial charge in [0.2, 0.25) is 0 Å². The van der Waals surface area contributed by atoms with E-state index in [2.05, 4.69) is 0 Å². The van der Waals surface area contributed by atoms with Gasteiger partial charge in [-0.05, 0) is 13.3 Å². The van der Waals surface area contributed by atoms with Crippen LogP contribution in [-0.2, 0) is 14.6 Å². The van der Waals surface area contributed by atoms with E-state index < -0.39 is 15.3 Å². The molecular weight excluding hydrogens is 194 g/mol. The zero-order chi connectivity index (χ0) is 10.3. The van der Waals surface area contributed by atoms with Crippen molar-refractivity contribution in [3.63, 3.8) is 0 Å². The van der Waals surface area contributed by atoms with Crippen molar-refractivity contribution in [2.24, 2.45) is 5.73 Å². The molecular formula is C7H17NO4S. The van der Waals surface area contributed by atoms with Crippen LogP contribution < -0.4 is 5.73 Å². The Morgan fingerprint density at radius 3 is 2.54 bits per heavy atom. The minimum absolute atomic E-state index is 0.0464. The van der Waals surface area contributed by atoms with E-state index in [1.165, 1.54) is 6.92 Å². The van der Waals surface area contributed by atoms with E-state index in [4.69, 9.17) is 15.6 Å². The molecule has 3 N–H and O–H groups in total. The second-order valence-electron chi connectivity index (χ2n) is 2.72. The molecule has 0 aliphatic carbocycles. The van der Waals surface area contributed by atoms with Crippen LogP contribution in [0.2, 0.25) is 0 Å². The van der Waals surface area contributed by atoms with Crippen LogP contribution in [0.4, 0.5) is 0 Å². The fourth-order valence-electron chi connectivity index (χ4n) is 0.718. The molecule has 0 saturated carbocycles. The molecule has 0 radical (unpaired) electrons. The average Bonchev–Trinajstić information content (AvgIpc) is 2.03. The molecule has 6 heteroatoms. The lowest BCUT2D eigenvalue weighted by Gasteiger charge is -2.06. The summed E-state index contributed by atoms with van der Waals surface area (Å²) in [7, 11) is -3.34. The highest BCUT2D eigenvalue weighted by atomic mass is 32.2. The van der Waals surface area contributed by atoms with E-state index in [1.54, 1.807) is 0 Å². The van der Waals surface area contributed by atoms with Gasteiger partial charge < -0.3 is 15.6 Å². The van der Waals surface area contributed by atoms with Gasteiger partial charge in [-0.25, -0.2) is 8.42 Å². The molecule has 0 aromatic heterocycles. The van der Waals surface area contributed by atoms with Crippen LogP contribution in [0.1, 0.15) is 13.3 Å². The average molecular weight is 211 g/mol. The van der Waals surface area contributed by atoms with Crippen molar-refractivity contribution in [2.75, 3.05) is 25.5 Å². The van der Waals surface area contributed by atoms with Gasteiger partial charge in [0.05, 0.1) is 12.4 Å². The topological polar surface area (TPSA) is 89.6 Å². The third-order valence-electron chi connectivity index (χ3n) is 1.50. The maximum atomic E-state index is 11.0. The third kappa shape index (κ3) is 5.98. The van der Waals surface area contributed by atoms with Crippen molar-refractivity contribution in [3.8, 4) is 0 Å². The largest absolute Gasteiger partial charge is 0.380 e. The lowest BCUT2D eigenvalue weighted by Crippen LogP contribution is -2.21. The van der Waals surface area contributed by atoms with E-state index in [0.29, 0.717) is 26.2 Å². The molecule has 5 nitrogen and oxygen atoms in total. The molecule has 0 spiro atoms. The Bertz CT molecular complexity index is 213. The van der Waals surface area contributed by atoms with Gasteiger partial charge in [0.15, 0.2) is 15.3 Å². The van der Waals surface area contributed by atoms with E-state index >= 15 is 0 Å². The number of hydrogen-bond donors (Lipinski definition) is 2. The van der Waals surface area contributed by atoms with E-state index in [-0.39, 0.29) is 5.75 Å². The summed E-state index contributed by atoms with van der Waals surface area (Å²) in [6.45, 7) is 2.48. The minimum atomic E-state index is -3.34. The fraction of sp³-hybridized carbons (Fsp3) is 1.00. The number of aliphatic hydroxyl groups is 1. The van der Waals surface area contributed by atoms with Gasteiger partial charge in [-0.1, -0.05) is 0 Å². The van der Waals surface area contributed by atoms with Crippen LogP contribution in [0, 0.1) is 0 Å². The van der Waals surface area contributed by atoms with E-state index in [1.807, 2.05) is 0 Å². The lowest BCUT2D eigenvalue weighted by molar-refractivity contribution is 0.142. The molecule has 1 atom stereocenters. The minimum Gasteiger partial charge on any atom is -0.380 e. The summed E-state index contributed by atoms with van der Waals surface area (Å²) in [4.78, 5) is 0. The van der Waals surface area contributed by atoms with Gasteiger partial charge in [0.1, 0.15) is 0 Å². The van der Waals surface area contributed by atoms with Crippen LogP contribution in [0.5, 0.6) is 0 Å². The summed E-state index contributed by atoms with van der Waals surface area (Å²) in [5, 5.41) is 8.83. The molecule has 0 saturated heterocycles. The maximum Gasteiger partial charge on any atom is 0.176 e. The highest BCUT2D eigenvalue weighted by molar-refractivity contribution is 7.91. The number of rotatable bonds is 7. The molecule has 0 rings (SSSR count). The summed E-state index contributed by atoms with van der Waals surface area (Å²) in [5.41, 5.74) is 3.87. The molecule has 0 fully saturated rings. The third-order valence-corrected chi connectivity index (χ3v) is 3.40. The molecule has 13 heavy (non-hydrogen) atoms. The van der Waals surface area contributed by atoms with Crippen LogP contribution in [0.3, 0.4) is 0 Å². The van der Waals surface area contributed by atoms with Gasteiger partial charge in [0.25, 0.3) is 0 Å². The van der Waals surface area contributed by atoms with Gasteiger partial charge >= 0.3 is 0 Å². The lowest BCUT2D eigenvalue weighted by atomic mass is 10.5. The Hall–Kier alpha value is -0.170. The molecule has 0 aliphatic rings. The zero-order valence-corrected chi connectivity index (χ0v) is 8.59. The van der Waals surface area contributed by atoms with Gasteiger partial charge in [-0.15, -0.1) is 0 Å². The SMILES string of the molecule is CC(O)S(=O)(=O)CCCOCCN. The standard InChI is InChI=1S/C7H17NO4S/c1-7(9)13(10,11)6-2-4-12-5-3-8/h7,9H,2-6,8H2,1H3. The molecule has 0 amide bonds. The number of nitrogens with two attached hydrogens (primary N) is 1. The first-order valence-corrected chi connectivity index (χ1v) is 5.89. The Morgan fingerprint density at radius 1 is 1.46 bits per heavy atom. The molecule has 0 heterocycles. The van der Waals surface area contributed by atoms with Crippen molar-refractivity contribution < 1.29 is 18.3 Å². The first-order chi connectivity index (χ1) is 6.00. The van der Waals surface area contributed by atoms with Gasteiger partial charge in [0, 0.05) is 13.2 Å². The second-order valence-corrected chi connectivity index (χ2v) is 5.14. The predicted molar refractivity (Wildman–Crippen MR) is 50.0 cm³/mol. The molecule has 0 aromatic rings. The monoisotopic (exact) mass is 211 g/mol. The molecule has 0 bridgehead atoms. The normalized spacial score (nSPS) is 14.4. The molecule has 0 aromatic carbocycles. The Balaban J connectivity index is 3.53. The Morgan fingerprint density at radius 2 is 2.08 bits per heavy atom. The predicted octanol–water partition coefficient (Wildman–Crippen LogP) is -0.895. The second kappa shape index (κ2) is 6.31. The van der Waals surface area contributed by atoms with Gasteiger partial charge in [-0.3, -0.25) is 0 Å². The summed E-state index contributed by atoms with van der Waals surface area (Å²) >= 11 is 0. The van der Waals surface area contributed by atoms with Crippen molar-refractivity contribution in [2.45, 2.75) is 18.8 Å². The first kappa shape index (κ1) is 12.8. The van der Waals surface area contributed by atoms with Crippen molar-refractivity contribution >= 4 is 9.84 Å². The number of hydrogen-bond acceptors (Lipinski definition) is 5. The van der Waals surface area contributed by atoms with Crippen LogP contribution in [-0.4, -0.2) is 44.5 Å². The van der Waals surface area contributed by atoms with Crippen molar-refractivity contribution in [1.29, 1.82) is 0 Å². The number of sulfone groups is 1. The number of ether oxygens (including phenoxy) is 1. The number of aliphatic hydroxyl groups excluding tert-OH is 1. The van der Waals surface area contributed by atoms with E-state index in [0.717, 1.165) is 0 Å². The molecule has 1 unspecified atom stereocenters. The highest BCUT2D eigenvalue weighted by Gasteiger charge is 2.16. The maximum absolute atomic E-state index is 11.0. The Labute approximate surface area is 78.8 Å². The van der Waals surface area contributed by atoms with E-state index in [9.17, 15) is 8.42 Å². The van der Waals surface area contributed by atoms with Crippen LogP contribution in [0.15, 0.2) is 0 Å². The molecule has 80 valence electrons. The summed E-state index contributed by atoms with van der Waals surface area (Å²) < 4.78 is 27.1. The van der Waals surface area contributed by atoms with Gasteiger partial charge in [-0.2, -0.15) is 0 Å². The van der Waals surface area contributed by atoms with Crippen molar-refractivity contribution in [3.05, 3.63) is 0 Å². The Kier molecular flexibility index (Phi) is 6.23. The van der Waals surface area contributed by atoms with Crippen LogP contribution in [0.25, 0.3) is 0 Å². The smallest absolute Gasteiger partial charge is 0.176 e. The molecule has 0 aliphatic heterocycles. The summed E-state index contributed by atoms with van der Waals surface area (Å²) in [6.07, 6.45) is 0.396.